The van der Waals surface area contributed by atoms with Gasteiger partial charge in [0.15, 0.2) is 5.78 Å². The first-order chi connectivity index (χ1) is 8.02. The van der Waals surface area contributed by atoms with E-state index >= 15 is 0 Å². The number of hydrogen-bond acceptors (Lipinski definition) is 3. The molecule has 92 valence electrons. The summed E-state index contributed by atoms with van der Waals surface area (Å²) in [7, 11) is 0. The summed E-state index contributed by atoms with van der Waals surface area (Å²) in [6, 6.07) is 0. The van der Waals surface area contributed by atoms with Gasteiger partial charge in [-0.2, -0.15) is 0 Å². The van der Waals surface area contributed by atoms with Crippen LogP contribution in [0.15, 0.2) is 11.8 Å². The maximum Gasteiger partial charge on any atom is 0.303 e. The summed E-state index contributed by atoms with van der Waals surface area (Å²) >= 11 is 0. The van der Waals surface area contributed by atoms with Crippen LogP contribution in [0, 0.1) is 5.41 Å². The lowest BCUT2D eigenvalue weighted by Gasteiger charge is -2.41. The first-order valence-electron chi connectivity index (χ1n) is 5.78. The van der Waals surface area contributed by atoms with Crippen molar-refractivity contribution < 1.29 is 19.5 Å². The van der Waals surface area contributed by atoms with Gasteiger partial charge in [-0.25, -0.2) is 0 Å². The van der Waals surface area contributed by atoms with E-state index in [1.165, 1.54) is 6.08 Å². The van der Waals surface area contributed by atoms with E-state index in [1.54, 1.807) is 0 Å². The Morgan fingerprint density at radius 1 is 1.35 bits per heavy atom. The zero-order valence-corrected chi connectivity index (χ0v) is 9.49. The fourth-order valence-corrected chi connectivity index (χ4v) is 2.61. The molecular formula is C12H15NO4. The van der Waals surface area contributed by atoms with Crippen LogP contribution >= 0.6 is 0 Å². The normalized spacial score (nSPS) is 28.1. The highest BCUT2D eigenvalue weighted by Crippen LogP contribution is 2.45. The number of hydrogen-bond donors (Lipinski definition) is 2. The number of carboxylic acid groups (broad SMARTS) is 1. The molecule has 2 aliphatic rings. The lowest BCUT2D eigenvalue weighted by molar-refractivity contribution is -0.137. The molecular weight excluding hydrogens is 222 g/mol. The Morgan fingerprint density at radius 3 is 2.76 bits per heavy atom. The number of carbonyl (C=O) groups is 3. The number of carbonyl (C=O) groups excluding carboxylic acids is 2. The SMILES string of the molecule is O=C(O)CC[C@@]12CCC(=O)C=C1NC(=O)CC2. The van der Waals surface area contributed by atoms with Crippen molar-refractivity contribution in [1.82, 2.24) is 5.32 Å². The fourth-order valence-electron chi connectivity index (χ4n) is 2.61. The summed E-state index contributed by atoms with van der Waals surface area (Å²) in [5, 5.41) is 11.5. The molecule has 1 atom stereocenters. The van der Waals surface area contributed by atoms with Crippen molar-refractivity contribution in [3.63, 3.8) is 0 Å². The maximum absolute atomic E-state index is 11.4. The smallest absolute Gasteiger partial charge is 0.303 e. The van der Waals surface area contributed by atoms with Gasteiger partial charge in [0.2, 0.25) is 5.91 Å². The topological polar surface area (TPSA) is 83.5 Å². The van der Waals surface area contributed by atoms with Gasteiger partial charge in [0.1, 0.15) is 0 Å². The molecule has 0 saturated carbocycles. The van der Waals surface area contributed by atoms with Crippen LogP contribution in [0.3, 0.4) is 0 Å². The van der Waals surface area contributed by atoms with E-state index in [2.05, 4.69) is 5.32 Å². The van der Waals surface area contributed by atoms with E-state index in [-0.39, 0.29) is 23.5 Å². The first kappa shape index (κ1) is 11.8. The molecule has 0 radical (unpaired) electrons. The Bertz CT molecular complexity index is 413. The lowest BCUT2D eigenvalue weighted by atomic mass is 9.68. The second kappa shape index (κ2) is 4.31. The third-order valence-electron chi connectivity index (χ3n) is 3.65. The molecule has 1 heterocycles. The average Bonchev–Trinajstić information content (AvgIpc) is 2.27. The summed E-state index contributed by atoms with van der Waals surface area (Å²) in [6.07, 6.45) is 4.17. The summed E-state index contributed by atoms with van der Waals surface area (Å²) in [6.45, 7) is 0. The molecule has 1 amide bonds. The highest BCUT2D eigenvalue weighted by molar-refractivity contribution is 5.93. The fraction of sp³-hybridized carbons (Fsp3) is 0.583. The zero-order chi connectivity index (χ0) is 12.5. The lowest BCUT2D eigenvalue weighted by Crippen LogP contribution is -2.43. The molecule has 1 aliphatic carbocycles. The van der Waals surface area contributed by atoms with E-state index in [4.69, 9.17) is 5.11 Å². The molecule has 0 aromatic heterocycles. The first-order valence-corrected chi connectivity index (χ1v) is 5.78. The van der Waals surface area contributed by atoms with Crippen LogP contribution in [-0.2, 0) is 14.4 Å². The Labute approximate surface area is 98.9 Å². The largest absolute Gasteiger partial charge is 0.481 e. The maximum atomic E-state index is 11.4. The van der Waals surface area contributed by atoms with Crippen molar-refractivity contribution in [3.8, 4) is 0 Å². The number of rotatable bonds is 3. The van der Waals surface area contributed by atoms with E-state index in [0.29, 0.717) is 37.8 Å². The Hall–Kier alpha value is -1.65. The highest BCUT2D eigenvalue weighted by Gasteiger charge is 2.41. The number of ketones is 1. The van der Waals surface area contributed by atoms with Crippen molar-refractivity contribution >= 4 is 17.7 Å². The molecule has 0 spiro atoms. The van der Waals surface area contributed by atoms with Crippen LogP contribution in [0.1, 0.15) is 38.5 Å². The van der Waals surface area contributed by atoms with Crippen molar-refractivity contribution in [2.75, 3.05) is 0 Å². The molecule has 17 heavy (non-hydrogen) atoms. The minimum Gasteiger partial charge on any atom is -0.481 e. The van der Waals surface area contributed by atoms with Crippen LogP contribution in [0.4, 0.5) is 0 Å². The molecule has 5 nitrogen and oxygen atoms in total. The molecule has 0 aromatic carbocycles. The molecule has 0 unspecified atom stereocenters. The predicted octanol–water partition coefficient (Wildman–Crippen LogP) is 0.994. The molecule has 1 fully saturated rings. The Morgan fingerprint density at radius 2 is 2.06 bits per heavy atom. The van der Waals surface area contributed by atoms with Crippen molar-refractivity contribution in [1.29, 1.82) is 0 Å². The van der Waals surface area contributed by atoms with Gasteiger partial charge in [-0.1, -0.05) is 0 Å². The molecule has 2 rings (SSSR count). The minimum absolute atomic E-state index is 0.00755. The van der Waals surface area contributed by atoms with Crippen LogP contribution in [0.5, 0.6) is 0 Å². The van der Waals surface area contributed by atoms with Crippen molar-refractivity contribution in [3.05, 3.63) is 11.8 Å². The second-order valence-electron chi connectivity index (χ2n) is 4.75. The monoisotopic (exact) mass is 237 g/mol. The molecule has 0 bridgehead atoms. The van der Waals surface area contributed by atoms with Gasteiger partial charge in [0.05, 0.1) is 0 Å². The molecule has 2 N–H and O–H groups in total. The minimum atomic E-state index is -0.840. The summed E-state index contributed by atoms with van der Waals surface area (Å²) in [5.41, 5.74) is 0.325. The number of carboxylic acids is 1. The highest BCUT2D eigenvalue weighted by atomic mass is 16.4. The standard InChI is InChI=1S/C12H15NO4/c14-8-1-4-12(6-3-11(16)17)5-2-10(15)13-9(12)7-8/h7H,1-6H2,(H,13,15)(H,16,17)/t12-/m0/s1. The number of nitrogens with one attached hydrogen (secondary N) is 1. The third-order valence-corrected chi connectivity index (χ3v) is 3.65. The number of amides is 1. The van der Waals surface area contributed by atoms with E-state index < -0.39 is 5.97 Å². The molecule has 5 heteroatoms. The third kappa shape index (κ3) is 2.38. The Balaban J connectivity index is 2.22. The van der Waals surface area contributed by atoms with Crippen molar-refractivity contribution in [2.45, 2.75) is 38.5 Å². The van der Waals surface area contributed by atoms with Crippen LogP contribution in [-0.4, -0.2) is 22.8 Å². The predicted molar refractivity (Wildman–Crippen MR) is 59.0 cm³/mol. The molecule has 1 saturated heterocycles. The van der Waals surface area contributed by atoms with Crippen LogP contribution < -0.4 is 5.32 Å². The van der Waals surface area contributed by atoms with Crippen LogP contribution in [0.2, 0.25) is 0 Å². The van der Waals surface area contributed by atoms with Crippen LogP contribution in [0.25, 0.3) is 0 Å². The van der Waals surface area contributed by atoms with Gasteiger partial charge in [0.25, 0.3) is 0 Å². The molecule has 1 aliphatic heterocycles. The van der Waals surface area contributed by atoms with Gasteiger partial charge < -0.3 is 10.4 Å². The number of piperidine rings is 1. The summed E-state index contributed by atoms with van der Waals surface area (Å²) in [5.74, 6) is -0.919. The zero-order valence-electron chi connectivity index (χ0n) is 9.49. The Kier molecular flexibility index (Phi) is 3.00. The number of fused-ring (bicyclic) bond motifs is 1. The van der Waals surface area contributed by atoms with Gasteiger partial charge in [0, 0.05) is 36.5 Å². The van der Waals surface area contributed by atoms with Gasteiger partial charge in [-0.3, -0.25) is 14.4 Å². The average molecular weight is 237 g/mol. The van der Waals surface area contributed by atoms with Gasteiger partial charge in [-0.15, -0.1) is 0 Å². The quantitative estimate of drug-likeness (QED) is 0.766. The number of aliphatic carboxylic acids is 1. The van der Waals surface area contributed by atoms with E-state index in [9.17, 15) is 14.4 Å². The van der Waals surface area contributed by atoms with Gasteiger partial charge >= 0.3 is 5.97 Å². The summed E-state index contributed by atoms with van der Waals surface area (Å²) < 4.78 is 0. The molecule has 0 aromatic rings. The second-order valence-corrected chi connectivity index (χ2v) is 4.75. The summed E-state index contributed by atoms with van der Waals surface area (Å²) in [4.78, 5) is 33.4. The van der Waals surface area contributed by atoms with E-state index in [0.717, 1.165) is 0 Å². The number of allylic oxidation sites excluding steroid dienone is 2. The van der Waals surface area contributed by atoms with Crippen molar-refractivity contribution in [2.24, 2.45) is 5.41 Å². The van der Waals surface area contributed by atoms with Gasteiger partial charge in [-0.05, 0) is 19.3 Å². The van der Waals surface area contributed by atoms with E-state index in [1.807, 2.05) is 0 Å².